The summed E-state index contributed by atoms with van der Waals surface area (Å²) in [5.41, 5.74) is 1.55. The summed E-state index contributed by atoms with van der Waals surface area (Å²) in [5, 5.41) is 9.45. The third-order valence-electron chi connectivity index (χ3n) is 4.81. The summed E-state index contributed by atoms with van der Waals surface area (Å²) in [4.78, 5) is 37.8. The second-order valence-electron chi connectivity index (χ2n) is 7.07. The van der Waals surface area contributed by atoms with Crippen molar-refractivity contribution in [1.29, 1.82) is 0 Å². The summed E-state index contributed by atoms with van der Waals surface area (Å²) in [6.45, 7) is 0.254. The largest absolute Gasteiger partial charge is 0.481 e. The number of carboxylic acid groups (broad SMARTS) is 1. The van der Waals surface area contributed by atoms with Crippen LogP contribution in [0.5, 0.6) is 0 Å². The van der Waals surface area contributed by atoms with Gasteiger partial charge in [0.2, 0.25) is 5.78 Å². The van der Waals surface area contributed by atoms with Gasteiger partial charge in [0, 0.05) is 23.9 Å². The van der Waals surface area contributed by atoms with Crippen molar-refractivity contribution in [2.75, 3.05) is 6.54 Å². The van der Waals surface area contributed by atoms with E-state index in [1.165, 1.54) is 29.2 Å². The number of thiocarbonyl (C=S) groups is 1. The van der Waals surface area contributed by atoms with E-state index in [0.29, 0.717) is 32.2 Å². The molecular weight excluding hydrogens is 453 g/mol. The highest BCUT2D eigenvalue weighted by molar-refractivity contribution is 8.26. The number of aliphatic carboxylic acids is 1. The van der Waals surface area contributed by atoms with Crippen LogP contribution >= 0.6 is 24.0 Å². The van der Waals surface area contributed by atoms with Gasteiger partial charge in [-0.25, -0.2) is 4.39 Å². The van der Waals surface area contributed by atoms with E-state index in [1.54, 1.807) is 30.3 Å². The van der Waals surface area contributed by atoms with Crippen LogP contribution in [0.1, 0.15) is 34.5 Å². The predicted molar refractivity (Wildman–Crippen MR) is 123 cm³/mol. The van der Waals surface area contributed by atoms with Gasteiger partial charge in [-0.1, -0.05) is 30.0 Å². The summed E-state index contributed by atoms with van der Waals surface area (Å²) < 4.78 is 19.1. The first-order chi connectivity index (χ1) is 15.3. The average Bonchev–Trinajstić information content (AvgIpc) is 3.29. The highest BCUT2D eigenvalue weighted by Crippen LogP contribution is 2.33. The van der Waals surface area contributed by atoms with E-state index in [2.05, 4.69) is 0 Å². The molecule has 0 spiro atoms. The number of halogens is 1. The van der Waals surface area contributed by atoms with Crippen LogP contribution in [0.2, 0.25) is 0 Å². The number of hydrogen-bond donors (Lipinski definition) is 1. The first-order valence-corrected chi connectivity index (χ1v) is 10.9. The van der Waals surface area contributed by atoms with Crippen molar-refractivity contribution in [3.63, 3.8) is 0 Å². The fourth-order valence-electron chi connectivity index (χ4n) is 3.24. The number of ketones is 1. The second-order valence-corrected chi connectivity index (χ2v) is 8.75. The molecule has 0 aliphatic carbocycles. The zero-order valence-corrected chi connectivity index (χ0v) is 18.2. The molecule has 0 radical (unpaired) electrons. The smallest absolute Gasteiger partial charge is 0.303 e. The molecule has 1 N–H and O–H groups in total. The number of fused-ring (bicyclic) bond motifs is 1. The molecule has 0 atom stereocenters. The van der Waals surface area contributed by atoms with Gasteiger partial charge in [0.05, 0.1) is 4.91 Å². The number of carbonyl (C=O) groups excluding carboxylic acids is 2. The zero-order valence-electron chi connectivity index (χ0n) is 16.5. The zero-order chi connectivity index (χ0) is 22.8. The minimum Gasteiger partial charge on any atom is -0.481 e. The van der Waals surface area contributed by atoms with Crippen LogP contribution in [0, 0.1) is 5.82 Å². The van der Waals surface area contributed by atoms with Crippen molar-refractivity contribution < 1.29 is 28.3 Å². The molecule has 0 saturated carbocycles. The highest BCUT2D eigenvalue weighted by atomic mass is 32.2. The Balaban J connectivity index is 1.54. The lowest BCUT2D eigenvalue weighted by Gasteiger charge is -2.13. The summed E-state index contributed by atoms with van der Waals surface area (Å²) in [5.74, 6) is -1.83. The van der Waals surface area contributed by atoms with Gasteiger partial charge >= 0.3 is 5.97 Å². The fourth-order valence-corrected chi connectivity index (χ4v) is 4.55. The summed E-state index contributed by atoms with van der Waals surface area (Å²) in [6, 6.07) is 12.1. The summed E-state index contributed by atoms with van der Waals surface area (Å²) >= 11 is 6.42. The number of carbonyl (C=O) groups is 3. The van der Waals surface area contributed by atoms with E-state index in [4.69, 9.17) is 21.7 Å². The van der Waals surface area contributed by atoms with Gasteiger partial charge < -0.3 is 9.52 Å². The maximum atomic E-state index is 13.1. The number of hydrogen-bond acceptors (Lipinski definition) is 6. The molecule has 0 unspecified atom stereocenters. The molecule has 2 aromatic carbocycles. The van der Waals surface area contributed by atoms with Crippen LogP contribution < -0.4 is 0 Å². The minimum atomic E-state index is -0.920. The molecule has 9 heteroatoms. The van der Waals surface area contributed by atoms with Crippen LogP contribution in [0.15, 0.2) is 57.9 Å². The van der Waals surface area contributed by atoms with E-state index in [1.807, 2.05) is 0 Å². The average molecular weight is 470 g/mol. The topological polar surface area (TPSA) is 87.8 Å². The molecule has 1 amide bonds. The summed E-state index contributed by atoms with van der Waals surface area (Å²) in [6.07, 6.45) is 1.98. The molecule has 1 aliphatic heterocycles. The van der Waals surface area contributed by atoms with Crippen molar-refractivity contribution in [3.8, 4) is 0 Å². The van der Waals surface area contributed by atoms with Crippen molar-refractivity contribution in [3.05, 3.63) is 76.1 Å². The lowest BCUT2D eigenvalue weighted by Crippen LogP contribution is -2.29. The third kappa shape index (κ3) is 4.63. The van der Waals surface area contributed by atoms with Gasteiger partial charge in [0.1, 0.15) is 15.7 Å². The molecule has 32 heavy (non-hydrogen) atoms. The second kappa shape index (κ2) is 9.05. The van der Waals surface area contributed by atoms with Crippen LogP contribution in [0.4, 0.5) is 4.39 Å². The van der Waals surface area contributed by atoms with Gasteiger partial charge in [-0.15, -0.1) is 0 Å². The van der Waals surface area contributed by atoms with Gasteiger partial charge in [0.25, 0.3) is 5.91 Å². The van der Waals surface area contributed by atoms with E-state index in [9.17, 15) is 18.8 Å². The predicted octanol–water partition coefficient (Wildman–Crippen LogP) is 4.87. The van der Waals surface area contributed by atoms with Crippen molar-refractivity contribution in [1.82, 2.24) is 4.90 Å². The molecule has 6 nitrogen and oxygen atoms in total. The highest BCUT2D eigenvalue weighted by Gasteiger charge is 2.31. The summed E-state index contributed by atoms with van der Waals surface area (Å²) in [7, 11) is 0. The van der Waals surface area contributed by atoms with E-state index < -0.39 is 11.8 Å². The third-order valence-corrected chi connectivity index (χ3v) is 6.19. The number of rotatable bonds is 7. The fraction of sp³-hybridized carbons (Fsp3) is 0.130. The van der Waals surface area contributed by atoms with Gasteiger partial charge in [0.15, 0.2) is 5.76 Å². The number of thioether (sulfide) groups is 1. The molecule has 4 rings (SSSR count). The Bertz CT molecular complexity index is 1280. The quantitative estimate of drug-likeness (QED) is 0.300. The molecule has 1 aliphatic rings. The Kier molecular flexibility index (Phi) is 6.20. The van der Waals surface area contributed by atoms with Crippen molar-refractivity contribution >= 4 is 63.0 Å². The Morgan fingerprint density at radius 2 is 1.91 bits per heavy atom. The standard InChI is InChI=1S/C23H16FNO5S2/c24-16-6-4-14(5-7-16)21(28)18-12-15-10-13(3-8-17(15)30-18)11-19-22(29)25(23(31)32-19)9-1-2-20(26)27/h3-8,10-12H,1-2,9H2,(H,26,27)/b19-11+. The number of benzene rings is 2. The van der Waals surface area contributed by atoms with Crippen LogP contribution in [-0.2, 0) is 9.59 Å². The maximum Gasteiger partial charge on any atom is 0.303 e. The Hall–Kier alpha value is -3.30. The lowest BCUT2D eigenvalue weighted by molar-refractivity contribution is -0.137. The van der Waals surface area contributed by atoms with Gasteiger partial charge in [-0.2, -0.15) is 0 Å². The Morgan fingerprint density at radius 3 is 2.62 bits per heavy atom. The first kappa shape index (κ1) is 21.9. The first-order valence-electron chi connectivity index (χ1n) is 9.63. The van der Waals surface area contributed by atoms with Crippen LogP contribution in [0.3, 0.4) is 0 Å². The number of nitrogens with zero attached hydrogens (tertiary/aromatic N) is 1. The maximum absolute atomic E-state index is 13.1. The lowest BCUT2D eigenvalue weighted by atomic mass is 10.1. The van der Waals surface area contributed by atoms with Gasteiger partial charge in [-0.05, 0) is 60.5 Å². The van der Waals surface area contributed by atoms with E-state index >= 15 is 0 Å². The molecule has 3 aromatic rings. The molecule has 162 valence electrons. The normalized spacial score (nSPS) is 15.2. The molecular formula is C23H16FNO5S2. The molecule has 1 aromatic heterocycles. The van der Waals surface area contributed by atoms with Crippen molar-refractivity contribution in [2.24, 2.45) is 0 Å². The monoisotopic (exact) mass is 469 g/mol. The molecule has 1 saturated heterocycles. The van der Waals surface area contributed by atoms with E-state index in [-0.39, 0.29) is 30.4 Å². The van der Waals surface area contributed by atoms with E-state index in [0.717, 1.165) is 17.3 Å². The SMILES string of the molecule is O=C(O)CCCN1C(=O)/C(=C\c2ccc3oc(C(=O)c4ccc(F)cc4)cc3c2)SC1=S. The number of carboxylic acids is 1. The minimum absolute atomic E-state index is 0.0355. The van der Waals surface area contributed by atoms with Crippen LogP contribution in [-0.4, -0.2) is 38.5 Å². The Morgan fingerprint density at radius 1 is 1.16 bits per heavy atom. The number of furan rings is 1. The number of amides is 1. The van der Waals surface area contributed by atoms with Crippen LogP contribution in [0.25, 0.3) is 17.0 Å². The Labute approximate surface area is 191 Å². The molecule has 1 fully saturated rings. The van der Waals surface area contributed by atoms with Gasteiger partial charge in [-0.3, -0.25) is 19.3 Å². The molecule has 2 heterocycles. The van der Waals surface area contributed by atoms with Crippen molar-refractivity contribution in [2.45, 2.75) is 12.8 Å². The molecule has 0 bridgehead atoms.